The first-order valence-corrected chi connectivity index (χ1v) is 8.23. The number of amides is 2. The quantitative estimate of drug-likeness (QED) is 0.676. The minimum atomic E-state index is -0.0565. The number of imide groups is 1. The lowest BCUT2D eigenvalue weighted by molar-refractivity contribution is -0.138. The minimum absolute atomic E-state index is 0.0565. The van der Waals surface area contributed by atoms with Crippen LogP contribution in [0.2, 0.25) is 0 Å². The van der Waals surface area contributed by atoms with Gasteiger partial charge in [-0.15, -0.1) is 11.3 Å². The van der Waals surface area contributed by atoms with Gasteiger partial charge in [0.25, 0.3) is 0 Å². The summed E-state index contributed by atoms with van der Waals surface area (Å²) in [5, 5.41) is 6.45. The van der Waals surface area contributed by atoms with E-state index in [1.165, 1.54) is 4.90 Å². The van der Waals surface area contributed by atoms with Crippen LogP contribution in [0.3, 0.4) is 0 Å². The van der Waals surface area contributed by atoms with Crippen LogP contribution in [0.15, 0.2) is 5.38 Å². The molecule has 0 radical (unpaired) electrons. The number of aromatic nitrogens is 2. The molecule has 0 aromatic carbocycles. The summed E-state index contributed by atoms with van der Waals surface area (Å²) in [6, 6.07) is 0. The summed E-state index contributed by atoms with van der Waals surface area (Å²) in [6.07, 6.45) is 1.42. The number of rotatable bonds is 5. The number of carbonyl (C=O) groups is 2. The van der Waals surface area contributed by atoms with Gasteiger partial charge in [-0.05, 0) is 31.2 Å². The van der Waals surface area contributed by atoms with E-state index < -0.39 is 0 Å². The molecule has 7 heteroatoms. The van der Waals surface area contributed by atoms with E-state index >= 15 is 0 Å². The molecule has 2 amide bonds. The van der Waals surface area contributed by atoms with Crippen molar-refractivity contribution in [2.75, 3.05) is 18.4 Å². The molecule has 116 valence electrons. The monoisotopic (exact) mass is 318 g/mol. The van der Waals surface area contributed by atoms with Gasteiger partial charge in [-0.2, -0.15) is 0 Å². The van der Waals surface area contributed by atoms with E-state index in [0.29, 0.717) is 32.4 Å². The van der Waals surface area contributed by atoms with Gasteiger partial charge in [-0.1, -0.05) is 0 Å². The summed E-state index contributed by atoms with van der Waals surface area (Å²) in [5.41, 5.74) is 1.16. The summed E-state index contributed by atoms with van der Waals surface area (Å²) < 4.78 is 0. The van der Waals surface area contributed by atoms with Crippen molar-refractivity contribution in [2.45, 2.75) is 33.1 Å². The van der Waals surface area contributed by atoms with Gasteiger partial charge in [0.2, 0.25) is 11.8 Å². The van der Waals surface area contributed by atoms with Crippen molar-refractivity contribution in [1.29, 1.82) is 0 Å². The topological polar surface area (TPSA) is 75.2 Å². The maximum absolute atomic E-state index is 11.5. The number of hydrogen-bond donors (Lipinski definition) is 1. The van der Waals surface area contributed by atoms with Crippen LogP contribution in [0.5, 0.6) is 0 Å². The highest BCUT2D eigenvalue weighted by Crippen LogP contribution is 2.29. The number of aryl methyl sites for hydroxylation is 2. The fourth-order valence-corrected chi connectivity index (χ4v) is 3.60. The average Bonchev–Trinajstić information content (AvgIpc) is 2.99. The van der Waals surface area contributed by atoms with Crippen LogP contribution in [0, 0.1) is 13.8 Å². The Morgan fingerprint density at radius 1 is 1.23 bits per heavy atom. The number of fused-ring (bicyclic) bond motifs is 1. The van der Waals surface area contributed by atoms with Gasteiger partial charge in [-0.25, -0.2) is 9.97 Å². The fourth-order valence-electron chi connectivity index (χ4n) is 2.63. The first kappa shape index (κ1) is 14.9. The Balaban J connectivity index is 1.63. The second-order valence-electron chi connectivity index (χ2n) is 5.44. The molecule has 1 aliphatic heterocycles. The van der Waals surface area contributed by atoms with Crippen molar-refractivity contribution in [3.63, 3.8) is 0 Å². The van der Waals surface area contributed by atoms with E-state index in [1.54, 1.807) is 11.3 Å². The highest BCUT2D eigenvalue weighted by Gasteiger charge is 2.27. The average molecular weight is 318 g/mol. The molecule has 1 saturated heterocycles. The normalized spacial score (nSPS) is 15.1. The third kappa shape index (κ3) is 2.81. The SMILES string of the molecule is Cc1nc(NCCCN2C(=O)CCC2=O)c2c(C)csc2n1. The summed E-state index contributed by atoms with van der Waals surface area (Å²) in [6.45, 7) is 5.06. The summed E-state index contributed by atoms with van der Waals surface area (Å²) in [4.78, 5) is 34.3. The van der Waals surface area contributed by atoms with Gasteiger partial charge < -0.3 is 5.32 Å². The Morgan fingerprint density at radius 2 is 1.95 bits per heavy atom. The zero-order valence-corrected chi connectivity index (χ0v) is 13.5. The standard InChI is InChI=1S/C15H18N4O2S/c1-9-8-22-15-13(9)14(17-10(2)18-15)16-6-3-7-19-11(20)4-5-12(19)21/h8H,3-7H2,1-2H3,(H,16,17,18). The highest BCUT2D eigenvalue weighted by atomic mass is 32.1. The Bertz CT molecular complexity index is 724. The molecule has 1 N–H and O–H groups in total. The van der Waals surface area contributed by atoms with Crippen LogP contribution in [-0.4, -0.2) is 39.8 Å². The van der Waals surface area contributed by atoms with Gasteiger partial charge in [-0.3, -0.25) is 14.5 Å². The number of nitrogens with one attached hydrogen (secondary N) is 1. The molecular weight excluding hydrogens is 300 g/mol. The molecule has 1 fully saturated rings. The molecule has 6 nitrogen and oxygen atoms in total. The van der Waals surface area contributed by atoms with Crippen LogP contribution < -0.4 is 5.32 Å². The Kier molecular flexibility index (Phi) is 4.06. The second-order valence-corrected chi connectivity index (χ2v) is 6.30. The first-order chi connectivity index (χ1) is 10.6. The molecular formula is C15H18N4O2S. The van der Waals surface area contributed by atoms with Crippen LogP contribution in [0.4, 0.5) is 5.82 Å². The van der Waals surface area contributed by atoms with Crippen molar-refractivity contribution in [2.24, 2.45) is 0 Å². The third-order valence-electron chi connectivity index (χ3n) is 3.74. The van der Waals surface area contributed by atoms with Crippen LogP contribution in [0.25, 0.3) is 10.2 Å². The Labute approximate surface area is 132 Å². The van der Waals surface area contributed by atoms with E-state index in [2.05, 4.69) is 20.7 Å². The number of thiophene rings is 1. The first-order valence-electron chi connectivity index (χ1n) is 7.36. The number of anilines is 1. The zero-order valence-electron chi connectivity index (χ0n) is 12.7. The largest absolute Gasteiger partial charge is 0.369 e. The third-order valence-corrected chi connectivity index (χ3v) is 4.73. The highest BCUT2D eigenvalue weighted by molar-refractivity contribution is 7.17. The predicted molar refractivity (Wildman–Crippen MR) is 85.9 cm³/mol. The lowest BCUT2D eigenvalue weighted by Gasteiger charge is -2.14. The van der Waals surface area contributed by atoms with E-state index in [9.17, 15) is 9.59 Å². The van der Waals surface area contributed by atoms with Crippen molar-refractivity contribution in [3.8, 4) is 0 Å². The summed E-state index contributed by atoms with van der Waals surface area (Å²) >= 11 is 1.61. The van der Waals surface area contributed by atoms with Gasteiger partial charge in [0.1, 0.15) is 16.5 Å². The van der Waals surface area contributed by atoms with E-state index in [4.69, 9.17) is 0 Å². The number of hydrogen-bond acceptors (Lipinski definition) is 6. The van der Waals surface area contributed by atoms with Gasteiger partial charge in [0.15, 0.2) is 0 Å². The summed E-state index contributed by atoms with van der Waals surface area (Å²) in [5.74, 6) is 1.46. The van der Waals surface area contributed by atoms with Crippen molar-refractivity contribution in [3.05, 3.63) is 16.8 Å². The Morgan fingerprint density at radius 3 is 2.68 bits per heavy atom. The van der Waals surface area contributed by atoms with Crippen molar-refractivity contribution in [1.82, 2.24) is 14.9 Å². The van der Waals surface area contributed by atoms with Gasteiger partial charge in [0.05, 0.1) is 5.39 Å². The van der Waals surface area contributed by atoms with Crippen molar-refractivity contribution >= 4 is 39.2 Å². The van der Waals surface area contributed by atoms with Gasteiger partial charge >= 0.3 is 0 Å². The maximum atomic E-state index is 11.5. The number of likely N-dealkylation sites (tertiary alicyclic amines) is 1. The van der Waals surface area contributed by atoms with Crippen LogP contribution >= 0.6 is 11.3 Å². The molecule has 0 saturated carbocycles. The predicted octanol–water partition coefficient (Wildman–Crippen LogP) is 2.26. The van der Waals surface area contributed by atoms with Crippen molar-refractivity contribution < 1.29 is 9.59 Å². The fraction of sp³-hybridized carbons (Fsp3) is 0.467. The van der Waals surface area contributed by atoms with E-state index in [1.807, 2.05) is 13.8 Å². The molecule has 22 heavy (non-hydrogen) atoms. The minimum Gasteiger partial charge on any atom is -0.369 e. The lowest BCUT2D eigenvalue weighted by atomic mass is 10.2. The van der Waals surface area contributed by atoms with E-state index in [-0.39, 0.29) is 11.8 Å². The molecule has 0 bridgehead atoms. The molecule has 1 aliphatic rings. The lowest BCUT2D eigenvalue weighted by Crippen LogP contribution is -2.31. The van der Waals surface area contributed by atoms with Crippen LogP contribution in [0.1, 0.15) is 30.7 Å². The molecule has 0 spiro atoms. The Hall–Kier alpha value is -2.02. The number of nitrogens with zero attached hydrogens (tertiary/aromatic N) is 3. The molecule has 0 atom stereocenters. The zero-order chi connectivity index (χ0) is 15.7. The molecule has 0 aliphatic carbocycles. The van der Waals surface area contributed by atoms with E-state index in [0.717, 1.165) is 27.4 Å². The molecule has 2 aromatic rings. The number of carbonyl (C=O) groups excluding carboxylic acids is 2. The van der Waals surface area contributed by atoms with Gasteiger partial charge in [0, 0.05) is 25.9 Å². The van der Waals surface area contributed by atoms with Crippen LogP contribution in [-0.2, 0) is 9.59 Å². The molecule has 3 rings (SSSR count). The summed E-state index contributed by atoms with van der Waals surface area (Å²) in [7, 11) is 0. The molecule has 3 heterocycles. The molecule has 2 aromatic heterocycles. The smallest absolute Gasteiger partial charge is 0.229 e. The second kappa shape index (κ2) is 6.00. The maximum Gasteiger partial charge on any atom is 0.229 e. The molecule has 0 unspecified atom stereocenters.